The minimum atomic E-state index is -1.89. The van der Waals surface area contributed by atoms with E-state index in [1.165, 1.54) is 65.3 Å². The molecule has 0 bridgehead atoms. The fourth-order valence-corrected chi connectivity index (χ4v) is 7.86. The molecule has 0 aliphatic heterocycles. The number of hydrogen-bond acceptors (Lipinski definition) is 0. The van der Waals surface area contributed by atoms with E-state index in [1.54, 1.807) is 0 Å². The van der Waals surface area contributed by atoms with Gasteiger partial charge in [-0.15, -0.1) is 68.3 Å². The average molecular weight is 675 g/mol. The Balaban J connectivity index is 0.00000133. The van der Waals surface area contributed by atoms with Gasteiger partial charge in [-0.3, -0.25) is 0 Å². The molecule has 188 valence electrons. The van der Waals surface area contributed by atoms with Crippen LogP contribution < -0.4 is 10.4 Å². The Morgan fingerprint density at radius 3 is 1.32 bits per heavy atom. The van der Waals surface area contributed by atoms with Gasteiger partial charge in [-0.05, 0) is 25.0 Å². The van der Waals surface area contributed by atoms with Gasteiger partial charge in [0.25, 0.3) is 0 Å². The Morgan fingerprint density at radius 2 is 0.921 bits per heavy atom. The van der Waals surface area contributed by atoms with Gasteiger partial charge in [0.2, 0.25) is 0 Å². The SMILES string of the molecule is Cc1cccc(-c2cccc3[cH-]c([Si](C)(C)c4cc5c(-c6cccc(C)c6)cccc5[cH-]4)cc23)c1.[CH3-].[CH3-].[Hf+4]. The van der Waals surface area contributed by atoms with Crippen LogP contribution in [0.2, 0.25) is 13.1 Å². The molecule has 2 heteroatoms. The maximum absolute atomic E-state index is 2.49. The van der Waals surface area contributed by atoms with E-state index in [4.69, 9.17) is 0 Å². The van der Waals surface area contributed by atoms with Crippen molar-refractivity contribution in [3.8, 4) is 22.3 Å². The molecule has 0 unspecified atom stereocenters. The molecule has 0 spiro atoms. The Morgan fingerprint density at radius 1 is 0.526 bits per heavy atom. The van der Waals surface area contributed by atoms with Crippen LogP contribution in [0.15, 0.2) is 109 Å². The molecule has 0 nitrogen and oxygen atoms in total. The van der Waals surface area contributed by atoms with Crippen LogP contribution in [0.1, 0.15) is 11.1 Å². The van der Waals surface area contributed by atoms with Crippen LogP contribution in [0, 0.1) is 28.7 Å². The predicted octanol–water partition coefficient (Wildman–Crippen LogP) is 9.10. The summed E-state index contributed by atoms with van der Waals surface area (Å²) in [5, 5.41) is 8.42. The topological polar surface area (TPSA) is 0 Å². The van der Waals surface area contributed by atoms with Gasteiger partial charge < -0.3 is 14.9 Å². The Bertz CT molecular complexity index is 1570. The van der Waals surface area contributed by atoms with Crippen LogP contribution in [-0.2, 0) is 25.8 Å². The van der Waals surface area contributed by atoms with Gasteiger partial charge in [-0.2, -0.15) is 12.1 Å². The first-order valence-corrected chi connectivity index (χ1v) is 15.4. The molecule has 0 saturated carbocycles. The van der Waals surface area contributed by atoms with Gasteiger partial charge >= 0.3 is 25.8 Å². The summed E-state index contributed by atoms with van der Waals surface area (Å²) < 4.78 is 0. The molecule has 6 aromatic rings. The maximum Gasteiger partial charge on any atom is 4.00 e. The second-order valence-electron chi connectivity index (χ2n) is 10.5. The summed E-state index contributed by atoms with van der Waals surface area (Å²) in [5.74, 6) is 0. The average Bonchev–Trinajstić information content (AvgIpc) is 3.49. The molecular formula is C36H36HfSi. The van der Waals surface area contributed by atoms with Crippen molar-refractivity contribution in [3.05, 3.63) is 135 Å². The van der Waals surface area contributed by atoms with E-state index in [0.29, 0.717) is 0 Å². The van der Waals surface area contributed by atoms with E-state index in [2.05, 4.69) is 136 Å². The summed E-state index contributed by atoms with van der Waals surface area (Å²) >= 11 is 0. The largest absolute Gasteiger partial charge is 4.00 e. The quantitative estimate of drug-likeness (QED) is 0.129. The van der Waals surface area contributed by atoms with Crippen molar-refractivity contribution in [2.24, 2.45) is 0 Å². The zero-order valence-electron chi connectivity index (χ0n) is 23.4. The van der Waals surface area contributed by atoms with Crippen LogP contribution in [0.4, 0.5) is 0 Å². The Kier molecular flexibility index (Phi) is 9.01. The van der Waals surface area contributed by atoms with E-state index in [0.717, 1.165) is 0 Å². The molecule has 0 radical (unpaired) electrons. The monoisotopic (exact) mass is 676 g/mol. The van der Waals surface area contributed by atoms with Crippen LogP contribution in [-0.4, -0.2) is 8.07 Å². The maximum atomic E-state index is 2.49. The summed E-state index contributed by atoms with van der Waals surface area (Å²) in [4.78, 5) is 0. The Hall–Kier alpha value is -2.81. The van der Waals surface area contributed by atoms with E-state index in [9.17, 15) is 0 Å². The minimum absolute atomic E-state index is 0. The van der Waals surface area contributed by atoms with Crippen molar-refractivity contribution >= 4 is 40.0 Å². The smallest absolute Gasteiger partial charge is 0.358 e. The molecule has 38 heavy (non-hydrogen) atoms. The first kappa shape index (κ1) is 29.7. The molecular weight excluding hydrogens is 639 g/mol. The van der Waals surface area contributed by atoms with Gasteiger partial charge in [-0.25, -0.2) is 0 Å². The fraction of sp³-hybridized carbons (Fsp3) is 0.111. The molecule has 6 aromatic carbocycles. The van der Waals surface area contributed by atoms with Gasteiger partial charge in [0.15, 0.2) is 0 Å². The van der Waals surface area contributed by atoms with Crippen molar-refractivity contribution in [1.82, 2.24) is 0 Å². The van der Waals surface area contributed by atoms with E-state index in [1.807, 2.05) is 0 Å². The van der Waals surface area contributed by atoms with Crippen LogP contribution in [0.5, 0.6) is 0 Å². The fourth-order valence-electron chi connectivity index (χ4n) is 5.49. The number of rotatable bonds is 4. The van der Waals surface area contributed by atoms with E-state index in [-0.39, 0.29) is 40.7 Å². The normalized spacial score (nSPS) is 11.1. The van der Waals surface area contributed by atoms with Gasteiger partial charge in [-0.1, -0.05) is 96.0 Å². The molecule has 0 N–H and O–H groups in total. The number of aryl methyl sites for hydroxylation is 2. The van der Waals surface area contributed by atoms with Crippen molar-refractivity contribution in [2.45, 2.75) is 26.9 Å². The summed E-state index contributed by atoms with van der Waals surface area (Å²) in [5.41, 5.74) is 7.86. The zero-order valence-corrected chi connectivity index (χ0v) is 28.0. The van der Waals surface area contributed by atoms with E-state index >= 15 is 0 Å². The van der Waals surface area contributed by atoms with Gasteiger partial charge in [0.1, 0.15) is 0 Å². The number of hydrogen-bond donors (Lipinski definition) is 0. The molecule has 0 amide bonds. The molecule has 0 saturated heterocycles. The van der Waals surface area contributed by atoms with Crippen LogP contribution >= 0.6 is 0 Å². The van der Waals surface area contributed by atoms with Gasteiger partial charge in [0.05, 0.1) is 8.07 Å². The third kappa shape index (κ3) is 5.22. The minimum Gasteiger partial charge on any atom is -0.358 e. The molecule has 0 heterocycles. The van der Waals surface area contributed by atoms with Crippen molar-refractivity contribution in [3.63, 3.8) is 0 Å². The molecule has 0 aliphatic carbocycles. The second-order valence-corrected chi connectivity index (χ2v) is 14.9. The van der Waals surface area contributed by atoms with Crippen molar-refractivity contribution in [1.29, 1.82) is 0 Å². The number of benzene rings is 4. The molecule has 0 aliphatic rings. The third-order valence-electron chi connectivity index (χ3n) is 7.60. The molecule has 0 aromatic heterocycles. The first-order valence-electron chi connectivity index (χ1n) is 12.4. The standard InChI is InChI=1S/C34H30Si.2CH3.Hf/c1-23-9-5-11-25(17-23)31-15-7-13-27-19-29(21-33(27)31)35(3,4)30-20-28-14-8-16-32(34(28)22-30)26-12-6-10-24(2)18-26;;;/h5-22H,1-4H3;2*1H3;/q-2;2*-1;+4. The zero-order chi connectivity index (χ0) is 24.2. The summed E-state index contributed by atoms with van der Waals surface area (Å²) in [7, 11) is -1.89. The van der Waals surface area contributed by atoms with Crippen LogP contribution in [0.3, 0.4) is 0 Å². The van der Waals surface area contributed by atoms with Crippen LogP contribution in [0.25, 0.3) is 43.8 Å². The first-order chi connectivity index (χ1) is 16.9. The summed E-state index contributed by atoms with van der Waals surface area (Å²) in [6.07, 6.45) is 0. The third-order valence-corrected chi connectivity index (χ3v) is 11.1. The van der Waals surface area contributed by atoms with Gasteiger partial charge in [0, 0.05) is 0 Å². The predicted molar refractivity (Wildman–Crippen MR) is 169 cm³/mol. The van der Waals surface area contributed by atoms with Crippen molar-refractivity contribution < 1.29 is 25.8 Å². The summed E-state index contributed by atoms with van der Waals surface area (Å²) in [6.45, 7) is 9.32. The number of fused-ring (bicyclic) bond motifs is 2. The molecule has 0 fully saturated rings. The Labute approximate surface area is 248 Å². The molecule has 0 atom stereocenters. The summed E-state index contributed by atoms with van der Waals surface area (Å²) in [6, 6.07) is 41.0. The molecule has 6 rings (SSSR count). The van der Waals surface area contributed by atoms with Crippen molar-refractivity contribution in [2.75, 3.05) is 0 Å². The van der Waals surface area contributed by atoms with E-state index < -0.39 is 8.07 Å². The second kappa shape index (κ2) is 11.5.